The Bertz CT molecular complexity index is 1800. The molecule has 0 atom stereocenters. The third-order valence-corrected chi connectivity index (χ3v) is 8.86. The van der Waals surface area contributed by atoms with Crippen LogP contribution in [0.3, 0.4) is 0 Å². The second-order valence-electron chi connectivity index (χ2n) is 11.4. The van der Waals surface area contributed by atoms with E-state index in [2.05, 4.69) is 33.8 Å². The zero-order valence-corrected chi connectivity index (χ0v) is 27.9. The van der Waals surface area contributed by atoms with Gasteiger partial charge in [-0.2, -0.15) is 29.5 Å². The molecule has 242 valence electrons. The van der Waals surface area contributed by atoms with Gasteiger partial charge in [0, 0.05) is 74.5 Å². The summed E-state index contributed by atoms with van der Waals surface area (Å²) in [6, 6.07) is 21.1. The Morgan fingerprint density at radius 3 is 1.91 bits per heavy atom. The lowest BCUT2D eigenvalue weighted by Crippen LogP contribution is -2.26. The number of aryl methyl sites for hydroxylation is 1. The molecule has 0 radical (unpaired) electrons. The quantitative estimate of drug-likeness (QED) is 0.115. The van der Waals surface area contributed by atoms with Gasteiger partial charge in [0.05, 0.1) is 24.3 Å². The number of nitriles is 4. The summed E-state index contributed by atoms with van der Waals surface area (Å²) in [4.78, 5) is 1.99. The van der Waals surface area contributed by atoms with Crippen molar-refractivity contribution in [3.05, 3.63) is 88.5 Å². The van der Waals surface area contributed by atoms with E-state index < -0.39 is 10.1 Å². The number of benzene rings is 2. The molecule has 1 N–H and O–H groups in total. The monoisotopic (exact) mass is 649 g/mol. The second kappa shape index (κ2) is 18.2. The minimum Gasteiger partial charge on any atom is -0.371 e. The molecule has 1 aliphatic rings. The number of hydrogen-bond donors (Lipinski definition) is 1. The number of unbranched alkanes of at least 4 members (excludes halogenated alkanes) is 4. The van der Waals surface area contributed by atoms with Crippen molar-refractivity contribution in [2.45, 2.75) is 70.1 Å². The molecule has 0 aliphatic heterocycles. The molecule has 9 nitrogen and oxygen atoms in total. The van der Waals surface area contributed by atoms with Gasteiger partial charge in [0.25, 0.3) is 10.1 Å². The fraction of sp³-hybridized carbons (Fsp3) is 0.378. The Balaban J connectivity index is 2.21. The fourth-order valence-corrected chi connectivity index (χ4v) is 6.51. The van der Waals surface area contributed by atoms with Gasteiger partial charge in [-0.1, -0.05) is 24.3 Å². The van der Waals surface area contributed by atoms with Gasteiger partial charge in [0.1, 0.15) is 18.0 Å². The normalized spacial score (nSPS) is 13.5. The molecule has 0 unspecified atom stereocenters. The van der Waals surface area contributed by atoms with Gasteiger partial charge >= 0.3 is 0 Å². The summed E-state index contributed by atoms with van der Waals surface area (Å²) in [6.07, 6.45) is 10.4. The van der Waals surface area contributed by atoms with E-state index in [-0.39, 0.29) is 4.90 Å². The highest BCUT2D eigenvalue weighted by Gasteiger charge is 2.24. The molecule has 47 heavy (non-hydrogen) atoms. The molecule has 0 heterocycles. The second-order valence-corrected chi connectivity index (χ2v) is 12.8. The van der Waals surface area contributed by atoms with E-state index in [1.54, 1.807) is 18.2 Å². The molecule has 0 bridgehead atoms. The van der Waals surface area contributed by atoms with Crippen molar-refractivity contribution in [2.24, 2.45) is 0 Å². The fourth-order valence-electron chi connectivity index (χ4n) is 5.81. The molecule has 0 fully saturated rings. The number of allylic oxidation sites excluding steroid dienone is 5. The molecule has 2 aromatic rings. The van der Waals surface area contributed by atoms with Crippen molar-refractivity contribution >= 4 is 27.1 Å². The molecule has 0 aromatic heterocycles. The average molecular weight is 650 g/mol. The Morgan fingerprint density at radius 1 is 0.809 bits per heavy atom. The van der Waals surface area contributed by atoms with Crippen molar-refractivity contribution in [1.29, 1.82) is 21.0 Å². The lowest BCUT2D eigenvalue weighted by molar-refractivity contribution is -0.527. The van der Waals surface area contributed by atoms with Gasteiger partial charge in [-0.05, 0) is 79.3 Å². The largest absolute Gasteiger partial charge is 0.371 e. The molecule has 1 aliphatic carbocycles. The van der Waals surface area contributed by atoms with E-state index in [1.807, 2.05) is 50.3 Å². The van der Waals surface area contributed by atoms with Crippen molar-refractivity contribution < 1.29 is 17.5 Å². The molecule has 3 rings (SSSR count). The van der Waals surface area contributed by atoms with Gasteiger partial charge < -0.3 is 4.90 Å². The van der Waals surface area contributed by atoms with Crippen LogP contribution >= 0.6 is 0 Å². The summed E-state index contributed by atoms with van der Waals surface area (Å²) in [5.41, 5.74) is 6.40. The lowest BCUT2D eigenvalue weighted by Gasteiger charge is -2.27. The molecular weight excluding hydrogens is 609 g/mol. The first kappa shape index (κ1) is 36.5. The predicted molar refractivity (Wildman–Crippen MR) is 183 cm³/mol. The number of nitrogens with zero attached hydrogens (tertiary/aromatic N) is 6. The Morgan fingerprint density at radius 2 is 1.38 bits per heavy atom. The summed E-state index contributed by atoms with van der Waals surface area (Å²) in [5, 5.41) is 36.3. The smallest absolute Gasteiger partial charge is 0.295 e. The van der Waals surface area contributed by atoms with E-state index in [1.165, 1.54) is 6.07 Å². The summed E-state index contributed by atoms with van der Waals surface area (Å²) in [5.74, 6) is 0. The van der Waals surface area contributed by atoms with Crippen LogP contribution in [0.25, 0.3) is 5.57 Å². The summed E-state index contributed by atoms with van der Waals surface area (Å²) >= 11 is 0. The number of anilines is 1. The Hall–Kier alpha value is -5.00. The molecule has 10 heteroatoms. The summed E-state index contributed by atoms with van der Waals surface area (Å²) < 4.78 is 37.6. The van der Waals surface area contributed by atoms with Crippen LogP contribution in [-0.4, -0.2) is 49.4 Å². The van der Waals surface area contributed by atoms with Crippen LogP contribution in [0.5, 0.6) is 0 Å². The average Bonchev–Trinajstić information content (AvgIpc) is 3.04. The zero-order chi connectivity index (χ0) is 34.2. The third kappa shape index (κ3) is 10.2. The molecule has 0 saturated heterocycles. The first-order chi connectivity index (χ1) is 22.7. The van der Waals surface area contributed by atoms with Crippen LogP contribution in [0.4, 0.5) is 5.69 Å². The Labute approximate surface area is 279 Å². The maximum atomic E-state index is 12.6. The van der Waals surface area contributed by atoms with E-state index in [0.717, 1.165) is 33.7 Å². The maximum Gasteiger partial charge on any atom is 0.295 e. The molecular formula is C37H41N6O3S+. The van der Waals surface area contributed by atoms with E-state index in [4.69, 9.17) is 21.0 Å². The SMILES string of the molecule is CC1=CC(=C(c2ccc(N(CCCC#N)CCCC#N)c(C)c2)c2ccccc2S(=O)(=O)O)C=CC1=[N+](CCCC#N)CCCC#N. The van der Waals surface area contributed by atoms with Crippen LogP contribution in [0.2, 0.25) is 0 Å². The highest BCUT2D eigenvalue weighted by atomic mass is 32.2. The van der Waals surface area contributed by atoms with E-state index >= 15 is 0 Å². The minimum atomic E-state index is -4.55. The van der Waals surface area contributed by atoms with Crippen LogP contribution in [-0.2, 0) is 10.1 Å². The van der Waals surface area contributed by atoms with Crippen molar-refractivity contribution in [3.63, 3.8) is 0 Å². The van der Waals surface area contributed by atoms with Crippen LogP contribution < -0.4 is 4.90 Å². The van der Waals surface area contributed by atoms with Crippen molar-refractivity contribution in [2.75, 3.05) is 31.1 Å². The maximum absolute atomic E-state index is 12.6. The van der Waals surface area contributed by atoms with Gasteiger partial charge in [0.2, 0.25) is 5.71 Å². The Kier molecular flexibility index (Phi) is 14.1. The third-order valence-electron chi connectivity index (χ3n) is 7.95. The van der Waals surface area contributed by atoms with Crippen molar-refractivity contribution in [3.8, 4) is 24.3 Å². The van der Waals surface area contributed by atoms with Gasteiger partial charge in [-0.15, -0.1) is 0 Å². The van der Waals surface area contributed by atoms with Crippen molar-refractivity contribution in [1.82, 2.24) is 0 Å². The van der Waals surface area contributed by atoms with E-state index in [9.17, 15) is 13.0 Å². The first-order valence-electron chi connectivity index (χ1n) is 15.8. The topological polar surface area (TPSA) is 156 Å². The minimum absolute atomic E-state index is 0.192. The molecule has 0 saturated carbocycles. The van der Waals surface area contributed by atoms with Gasteiger partial charge in [0.15, 0.2) is 0 Å². The summed E-state index contributed by atoms with van der Waals surface area (Å²) in [6.45, 7) is 6.65. The van der Waals surface area contributed by atoms with E-state index in [0.29, 0.717) is 88.7 Å². The van der Waals surface area contributed by atoms with Crippen LogP contribution in [0.1, 0.15) is 75.0 Å². The van der Waals surface area contributed by atoms with Gasteiger partial charge in [-0.3, -0.25) is 4.55 Å². The highest BCUT2D eigenvalue weighted by molar-refractivity contribution is 7.86. The molecule has 0 spiro atoms. The van der Waals surface area contributed by atoms with Crippen LogP contribution in [0.15, 0.2) is 76.7 Å². The number of hydrogen-bond acceptors (Lipinski definition) is 7. The molecule has 2 aromatic carbocycles. The van der Waals surface area contributed by atoms with Gasteiger partial charge in [-0.25, -0.2) is 4.58 Å². The highest BCUT2D eigenvalue weighted by Crippen LogP contribution is 2.36. The predicted octanol–water partition coefficient (Wildman–Crippen LogP) is 7.03. The lowest BCUT2D eigenvalue weighted by atomic mass is 9.88. The molecule has 0 amide bonds. The zero-order valence-electron chi connectivity index (χ0n) is 27.1. The first-order valence-corrected chi connectivity index (χ1v) is 17.2. The summed E-state index contributed by atoms with van der Waals surface area (Å²) in [7, 11) is -4.55. The standard InChI is InChI=1S/C37H40N6O3S/c1-29-27-31(15-17-34(29)42(23-9-5-19-38)24-10-6-20-39)37(33-13-3-4-14-36(33)47(44,45)46)32-16-18-35(30(2)28-32)43(25-11-7-21-40)26-12-8-22-41/h3-4,13-18,27-28H,5-12,23-26H2,1-2H3/p+1. The van der Waals surface area contributed by atoms with Crippen LogP contribution in [0, 0.1) is 52.2 Å². The number of rotatable bonds is 16.